The first kappa shape index (κ1) is 29.2. The lowest BCUT2D eigenvalue weighted by atomic mass is 10.1. The summed E-state index contributed by atoms with van der Waals surface area (Å²) < 4.78 is 48.4. The molecule has 11 heteroatoms. The zero-order valence-electron chi connectivity index (χ0n) is 22.9. The van der Waals surface area contributed by atoms with Crippen LogP contribution in [0.4, 0.5) is 15.9 Å². The van der Waals surface area contributed by atoms with E-state index in [9.17, 15) is 12.8 Å². The average molecular weight is 607 g/mol. The van der Waals surface area contributed by atoms with Crippen LogP contribution in [-0.2, 0) is 16.9 Å². The zero-order chi connectivity index (χ0) is 29.6. The number of ether oxygens (including phenoxy) is 1. The van der Waals surface area contributed by atoms with Crippen molar-refractivity contribution in [1.82, 2.24) is 14.9 Å². The normalized spacial score (nSPS) is 11.9. The molecule has 2 aromatic heterocycles. The second kappa shape index (κ2) is 13.2. The summed E-state index contributed by atoms with van der Waals surface area (Å²) in [5.41, 5.74) is 2.89. The van der Waals surface area contributed by atoms with E-state index in [-0.39, 0.29) is 12.4 Å². The van der Waals surface area contributed by atoms with Crippen molar-refractivity contribution in [2.24, 2.45) is 0 Å². The van der Waals surface area contributed by atoms with Gasteiger partial charge in [-0.3, -0.25) is 4.90 Å². The molecule has 0 fully saturated rings. The number of hydrogen-bond donors (Lipinski definition) is 1. The Kier molecular flexibility index (Phi) is 9.16. The summed E-state index contributed by atoms with van der Waals surface area (Å²) in [5.74, 6) is 1.83. The van der Waals surface area contributed by atoms with E-state index in [0.29, 0.717) is 52.5 Å². The van der Waals surface area contributed by atoms with Gasteiger partial charge in [-0.1, -0.05) is 37.6 Å². The number of halogens is 2. The lowest BCUT2D eigenvalue weighted by molar-refractivity contribution is 0.250. The van der Waals surface area contributed by atoms with Gasteiger partial charge in [-0.25, -0.2) is 14.4 Å². The minimum absolute atomic E-state index is 0.181. The van der Waals surface area contributed by atoms with E-state index < -0.39 is 16.3 Å². The maximum absolute atomic E-state index is 13.5. The summed E-state index contributed by atoms with van der Waals surface area (Å²) in [4.78, 5) is 10.8. The van der Waals surface area contributed by atoms with Crippen molar-refractivity contribution in [3.8, 4) is 17.1 Å². The lowest BCUT2D eigenvalue weighted by Crippen LogP contribution is -2.29. The highest BCUT2D eigenvalue weighted by atomic mass is 35.5. The third-order valence-electron chi connectivity index (χ3n) is 6.76. The molecule has 0 bridgehead atoms. The van der Waals surface area contributed by atoms with E-state index in [1.807, 2.05) is 49.1 Å². The highest BCUT2D eigenvalue weighted by Crippen LogP contribution is 2.33. The number of aromatic nitrogens is 2. The number of furan rings is 1. The quantitative estimate of drug-likeness (QED) is 0.159. The zero-order valence-corrected chi connectivity index (χ0v) is 24.5. The molecule has 0 radical (unpaired) electrons. The number of rotatable bonds is 11. The summed E-state index contributed by atoms with van der Waals surface area (Å²) in [6.45, 7) is 5.45. The fourth-order valence-corrected chi connectivity index (χ4v) is 5.40. The van der Waals surface area contributed by atoms with Gasteiger partial charge < -0.3 is 14.5 Å². The summed E-state index contributed by atoms with van der Waals surface area (Å²) in [7, 11) is -2.34. The summed E-state index contributed by atoms with van der Waals surface area (Å²) in [6, 6.07) is 20.3. The Labute approximate surface area is 249 Å². The van der Waals surface area contributed by atoms with Crippen molar-refractivity contribution in [1.29, 1.82) is 0 Å². The van der Waals surface area contributed by atoms with Gasteiger partial charge in [-0.15, -0.1) is 0 Å². The maximum atomic E-state index is 13.5. The fourth-order valence-electron chi connectivity index (χ4n) is 4.65. The smallest absolute Gasteiger partial charge is 0.212 e. The van der Waals surface area contributed by atoms with Gasteiger partial charge in [0.25, 0.3) is 0 Å². The van der Waals surface area contributed by atoms with Crippen LogP contribution in [0.3, 0.4) is 0 Å². The van der Waals surface area contributed by atoms with Gasteiger partial charge in [0.2, 0.25) is 10.3 Å². The Morgan fingerprint density at radius 2 is 1.88 bits per heavy atom. The highest BCUT2D eigenvalue weighted by Gasteiger charge is 2.21. The van der Waals surface area contributed by atoms with E-state index in [0.717, 1.165) is 16.5 Å². The fraction of sp³-hybridized carbons (Fsp3) is 0.194. The molecule has 0 aliphatic carbocycles. The van der Waals surface area contributed by atoms with Crippen molar-refractivity contribution >= 4 is 49.7 Å². The maximum Gasteiger partial charge on any atom is 0.212 e. The highest BCUT2D eigenvalue weighted by molar-refractivity contribution is 7.71. The molecule has 5 rings (SSSR count). The Balaban J connectivity index is 1.39. The largest absolute Gasteiger partial charge is 0.487 e. The first-order valence-corrected chi connectivity index (χ1v) is 14.8. The third-order valence-corrected chi connectivity index (χ3v) is 7.54. The van der Waals surface area contributed by atoms with Crippen LogP contribution in [0, 0.1) is 5.82 Å². The lowest BCUT2D eigenvalue weighted by Gasteiger charge is -2.24. The van der Waals surface area contributed by atoms with Crippen LogP contribution in [0.1, 0.15) is 31.2 Å². The molecule has 1 atom stereocenters. The van der Waals surface area contributed by atoms with E-state index in [2.05, 4.69) is 15.3 Å². The van der Waals surface area contributed by atoms with Crippen LogP contribution in [0.25, 0.3) is 22.2 Å². The number of anilines is 2. The number of nitrogens with zero attached hydrogens (tertiary/aromatic N) is 3. The van der Waals surface area contributed by atoms with Gasteiger partial charge >= 0.3 is 0 Å². The van der Waals surface area contributed by atoms with Crippen LogP contribution in [-0.4, -0.2) is 41.7 Å². The van der Waals surface area contributed by atoms with Crippen molar-refractivity contribution in [3.05, 3.63) is 101 Å². The van der Waals surface area contributed by atoms with Crippen molar-refractivity contribution in [3.63, 3.8) is 0 Å². The van der Waals surface area contributed by atoms with Crippen LogP contribution >= 0.6 is 11.6 Å². The standard InChI is InChI=1S/C31H28ClFN4O4S/c1-3-37(4-2)27(18-42(38)39)30-13-12-28(41-30)21-8-10-26-24(15-21)31(35-19-34-26)36-23-9-11-29(25(32)16-23)40-17-20-6-5-7-22(33)14-20/h5-16,18-19,27H,3-4,17H2,1-2H3,(H,34,35,36). The molecule has 0 saturated heterocycles. The average Bonchev–Trinajstić information content (AvgIpc) is 3.47. The predicted octanol–water partition coefficient (Wildman–Crippen LogP) is 7.07. The molecule has 216 valence electrons. The van der Waals surface area contributed by atoms with Gasteiger partial charge in [0, 0.05) is 16.6 Å². The molecule has 1 unspecified atom stereocenters. The molecule has 0 aliphatic rings. The van der Waals surface area contributed by atoms with Gasteiger partial charge in [0.05, 0.1) is 15.9 Å². The van der Waals surface area contributed by atoms with Crippen LogP contribution < -0.4 is 10.1 Å². The van der Waals surface area contributed by atoms with Crippen molar-refractivity contribution in [2.75, 3.05) is 18.4 Å². The van der Waals surface area contributed by atoms with Crippen LogP contribution in [0.2, 0.25) is 5.02 Å². The van der Waals surface area contributed by atoms with Crippen molar-refractivity contribution in [2.45, 2.75) is 26.5 Å². The molecule has 2 heterocycles. The molecule has 0 amide bonds. The molecule has 0 saturated carbocycles. The first-order chi connectivity index (χ1) is 20.3. The Bertz CT molecular complexity index is 1850. The SMILES string of the molecule is CCN(CC)C(C=S(=O)=O)c1ccc(-c2ccc3ncnc(Nc4ccc(OCc5cccc(F)c5)c(Cl)c4)c3c2)o1. The molecule has 0 aliphatic heterocycles. The van der Waals surface area contributed by atoms with Gasteiger partial charge in [-0.05, 0) is 79.3 Å². The molecular formula is C31H28ClFN4O4S. The van der Waals surface area contributed by atoms with Crippen LogP contribution in [0.5, 0.6) is 5.75 Å². The van der Waals surface area contributed by atoms with E-state index >= 15 is 0 Å². The Morgan fingerprint density at radius 1 is 1.05 bits per heavy atom. The molecular weight excluding hydrogens is 579 g/mol. The van der Waals surface area contributed by atoms with E-state index in [4.69, 9.17) is 20.8 Å². The minimum atomic E-state index is -2.34. The van der Waals surface area contributed by atoms with Crippen LogP contribution in [0.15, 0.2) is 83.5 Å². The summed E-state index contributed by atoms with van der Waals surface area (Å²) >= 11 is 6.49. The summed E-state index contributed by atoms with van der Waals surface area (Å²) in [6.07, 6.45) is 1.47. The second-order valence-corrected chi connectivity index (χ2v) is 10.6. The van der Waals surface area contributed by atoms with Gasteiger partial charge in [-0.2, -0.15) is 8.42 Å². The molecule has 8 nitrogen and oxygen atoms in total. The number of benzene rings is 3. The molecule has 42 heavy (non-hydrogen) atoms. The molecule has 1 N–H and O–H groups in total. The molecule has 3 aromatic carbocycles. The van der Waals surface area contributed by atoms with E-state index in [1.165, 1.54) is 23.8 Å². The first-order valence-electron chi connectivity index (χ1n) is 13.3. The second-order valence-electron chi connectivity index (χ2n) is 9.41. The third kappa shape index (κ3) is 6.79. The predicted molar refractivity (Wildman–Crippen MR) is 163 cm³/mol. The number of nitrogens with one attached hydrogen (secondary N) is 1. The Morgan fingerprint density at radius 3 is 2.62 bits per heavy atom. The van der Waals surface area contributed by atoms with Gasteiger partial charge in [0.15, 0.2) is 0 Å². The number of fused-ring (bicyclic) bond motifs is 1. The molecule has 5 aromatic rings. The topological polar surface area (TPSA) is 97.6 Å². The van der Waals surface area contributed by atoms with E-state index in [1.54, 1.807) is 30.3 Å². The van der Waals surface area contributed by atoms with Gasteiger partial charge in [0.1, 0.15) is 47.9 Å². The number of hydrogen-bond acceptors (Lipinski definition) is 8. The molecule has 0 spiro atoms. The summed E-state index contributed by atoms with van der Waals surface area (Å²) in [5, 5.41) is 5.68. The Hall–Kier alpha value is -4.25. The monoisotopic (exact) mass is 606 g/mol. The minimum Gasteiger partial charge on any atom is -0.487 e. The van der Waals surface area contributed by atoms with Crippen molar-refractivity contribution < 1.29 is 22.0 Å².